The highest BCUT2D eigenvalue weighted by Crippen LogP contribution is 2.44. The number of hydrogen-bond acceptors (Lipinski definition) is 4. The number of rotatable bonds is 2. The van der Waals surface area contributed by atoms with E-state index in [1.807, 2.05) is 12.1 Å². The predicted octanol–water partition coefficient (Wildman–Crippen LogP) is 3.47. The van der Waals surface area contributed by atoms with Crippen LogP contribution in [0.3, 0.4) is 0 Å². The minimum absolute atomic E-state index is 0.129. The standard InChI is InChI=1S/C10H9ClN2S2/c11-8-2-1-6(15-8)9-13-7(5-14-9)10(12)3-4-10/h1-2,5H,3-4,12H2. The summed E-state index contributed by atoms with van der Waals surface area (Å²) < 4.78 is 0.802. The van der Waals surface area contributed by atoms with Crippen molar-refractivity contribution in [2.75, 3.05) is 0 Å². The molecular weight excluding hydrogens is 248 g/mol. The molecule has 2 aromatic heterocycles. The molecule has 0 atom stereocenters. The van der Waals surface area contributed by atoms with Crippen LogP contribution >= 0.6 is 34.3 Å². The minimum Gasteiger partial charge on any atom is -0.320 e. The second-order valence-corrected chi connectivity index (χ2v) is 6.37. The van der Waals surface area contributed by atoms with Gasteiger partial charge in [0.15, 0.2) is 0 Å². The van der Waals surface area contributed by atoms with Crippen molar-refractivity contribution in [3.63, 3.8) is 0 Å². The van der Waals surface area contributed by atoms with Gasteiger partial charge < -0.3 is 5.73 Å². The fourth-order valence-corrected chi connectivity index (χ4v) is 3.48. The Labute approximate surface area is 101 Å². The summed E-state index contributed by atoms with van der Waals surface area (Å²) in [5.41, 5.74) is 6.99. The fourth-order valence-electron chi connectivity index (χ4n) is 1.44. The first-order valence-electron chi connectivity index (χ1n) is 4.68. The third-order valence-corrected chi connectivity index (χ3v) is 4.83. The summed E-state index contributed by atoms with van der Waals surface area (Å²) in [5, 5.41) is 3.09. The maximum absolute atomic E-state index is 6.09. The van der Waals surface area contributed by atoms with Crippen molar-refractivity contribution in [1.82, 2.24) is 4.98 Å². The number of thiazole rings is 1. The zero-order valence-electron chi connectivity index (χ0n) is 7.87. The van der Waals surface area contributed by atoms with Crippen LogP contribution in [0.2, 0.25) is 4.34 Å². The van der Waals surface area contributed by atoms with Crippen molar-refractivity contribution in [2.24, 2.45) is 5.73 Å². The molecule has 0 saturated heterocycles. The van der Waals surface area contributed by atoms with Crippen LogP contribution in [-0.4, -0.2) is 4.98 Å². The van der Waals surface area contributed by atoms with Crippen LogP contribution in [0.4, 0.5) is 0 Å². The monoisotopic (exact) mass is 256 g/mol. The smallest absolute Gasteiger partial charge is 0.133 e. The van der Waals surface area contributed by atoms with Gasteiger partial charge in [0.05, 0.1) is 20.4 Å². The van der Waals surface area contributed by atoms with Gasteiger partial charge in [0.1, 0.15) is 5.01 Å². The molecule has 0 spiro atoms. The molecule has 0 radical (unpaired) electrons. The van der Waals surface area contributed by atoms with Crippen LogP contribution < -0.4 is 5.73 Å². The number of nitrogens with two attached hydrogens (primary N) is 1. The lowest BCUT2D eigenvalue weighted by atomic mass is 10.2. The number of aromatic nitrogens is 1. The summed E-state index contributed by atoms with van der Waals surface area (Å²) in [6, 6.07) is 3.91. The average molecular weight is 257 g/mol. The van der Waals surface area contributed by atoms with E-state index in [-0.39, 0.29) is 5.54 Å². The van der Waals surface area contributed by atoms with Crippen LogP contribution in [0.5, 0.6) is 0 Å². The summed E-state index contributed by atoms with van der Waals surface area (Å²) in [4.78, 5) is 5.70. The van der Waals surface area contributed by atoms with Crippen LogP contribution in [-0.2, 0) is 5.54 Å². The van der Waals surface area contributed by atoms with Crippen molar-refractivity contribution in [1.29, 1.82) is 0 Å². The first-order valence-corrected chi connectivity index (χ1v) is 6.75. The Hall–Kier alpha value is -0.420. The predicted molar refractivity (Wildman–Crippen MR) is 65.5 cm³/mol. The molecule has 2 nitrogen and oxygen atoms in total. The van der Waals surface area contributed by atoms with Crippen molar-refractivity contribution in [2.45, 2.75) is 18.4 Å². The van der Waals surface area contributed by atoms with E-state index in [1.54, 1.807) is 22.7 Å². The summed E-state index contributed by atoms with van der Waals surface area (Å²) in [5.74, 6) is 0. The summed E-state index contributed by atoms with van der Waals surface area (Å²) >= 11 is 9.09. The highest BCUT2D eigenvalue weighted by atomic mass is 35.5. The van der Waals surface area contributed by atoms with Gasteiger partial charge in [-0.25, -0.2) is 4.98 Å². The molecule has 0 aromatic carbocycles. The quantitative estimate of drug-likeness (QED) is 0.894. The first-order chi connectivity index (χ1) is 7.17. The summed E-state index contributed by atoms with van der Waals surface area (Å²) in [7, 11) is 0. The number of nitrogens with zero attached hydrogens (tertiary/aromatic N) is 1. The van der Waals surface area contributed by atoms with E-state index in [0.717, 1.165) is 32.8 Å². The van der Waals surface area contributed by atoms with Crippen molar-refractivity contribution >= 4 is 34.3 Å². The van der Waals surface area contributed by atoms with E-state index >= 15 is 0 Å². The van der Waals surface area contributed by atoms with Gasteiger partial charge in [0.2, 0.25) is 0 Å². The summed E-state index contributed by atoms with van der Waals surface area (Å²) in [6.07, 6.45) is 2.11. The largest absolute Gasteiger partial charge is 0.320 e. The van der Waals surface area contributed by atoms with Gasteiger partial charge in [-0.2, -0.15) is 0 Å². The SMILES string of the molecule is NC1(c2csc(-c3ccc(Cl)s3)n2)CC1. The molecule has 2 heterocycles. The van der Waals surface area contributed by atoms with Crippen molar-refractivity contribution in [3.05, 3.63) is 27.5 Å². The van der Waals surface area contributed by atoms with E-state index < -0.39 is 0 Å². The summed E-state index contributed by atoms with van der Waals surface area (Å²) in [6.45, 7) is 0. The van der Waals surface area contributed by atoms with E-state index in [4.69, 9.17) is 17.3 Å². The van der Waals surface area contributed by atoms with Gasteiger partial charge in [0, 0.05) is 5.38 Å². The third kappa shape index (κ3) is 1.72. The molecule has 1 aliphatic carbocycles. The molecule has 0 amide bonds. The molecule has 0 unspecified atom stereocenters. The Bertz CT molecular complexity index is 499. The van der Waals surface area contributed by atoms with Gasteiger partial charge in [0.25, 0.3) is 0 Å². The Morgan fingerprint density at radius 1 is 1.40 bits per heavy atom. The molecule has 1 fully saturated rings. The number of hydrogen-bond donors (Lipinski definition) is 1. The lowest BCUT2D eigenvalue weighted by Crippen LogP contribution is -2.18. The Morgan fingerprint density at radius 2 is 2.20 bits per heavy atom. The Morgan fingerprint density at radius 3 is 2.80 bits per heavy atom. The Balaban J connectivity index is 1.97. The first kappa shape index (κ1) is 9.78. The zero-order valence-corrected chi connectivity index (χ0v) is 10.3. The average Bonchev–Trinajstić information content (AvgIpc) is 2.72. The van der Waals surface area contributed by atoms with Gasteiger partial charge in [-0.1, -0.05) is 11.6 Å². The van der Waals surface area contributed by atoms with Gasteiger partial charge in [-0.15, -0.1) is 22.7 Å². The number of halogens is 1. The zero-order chi connectivity index (χ0) is 10.5. The lowest BCUT2D eigenvalue weighted by molar-refractivity contribution is 0.715. The molecule has 78 valence electrons. The second kappa shape index (κ2) is 3.28. The third-order valence-electron chi connectivity index (χ3n) is 2.59. The van der Waals surface area contributed by atoms with E-state index in [2.05, 4.69) is 10.4 Å². The van der Waals surface area contributed by atoms with Crippen molar-refractivity contribution in [3.8, 4) is 9.88 Å². The molecule has 15 heavy (non-hydrogen) atoms. The highest BCUT2D eigenvalue weighted by molar-refractivity contribution is 7.23. The van der Waals surface area contributed by atoms with Gasteiger partial charge in [-0.05, 0) is 25.0 Å². The molecule has 2 aromatic rings. The van der Waals surface area contributed by atoms with E-state index in [0.29, 0.717) is 0 Å². The number of thiophene rings is 1. The molecule has 1 aliphatic rings. The molecule has 0 bridgehead atoms. The lowest BCUT2D eigenvalue weighted by Gasteiger charge is -2.01. The maximum atomic E-state index is 6.09. The molecular formula is C10H9ClN2S2. The van der Waals surface area contributed by atoms with Crippen molar-refractivity contribution < 1.29 is 0 Å². The van der Waals surface area contributed by atoms with E-state index in [9.17, 15) is 0 Å². The van der Waals surface area contributed by atoms with Crippen LogP contribution in [0.15, 0.2) is 17.5 Å². The van der Waals surface area contributed by atoms with E-state index in [1.165, 1.54) is 0 Å². The maximum Gasteiger partial charge on any atom is 0.133 e. The molecule has 3 rings (SSSR count). The molecule has 1 saturated carbocycles. The van der Waals surface area contributed by atoms with Crippen LogP contribution in [0.1, 0.15) is 18.5 Å². The Kier molecular flexibility index (Phi) is 2.14. The van der Waals surface area contributed by atoms with Gasteiger partial charge >= 0.3 is 0 Å². The molecule has 5 heteroatoms. The van der Waals surface area contributed by atoms with Crippen LogP contribution in [0.25, 0.3) is 9.88 Å². The second-order valence-electron chi connectivity index (χ2n) is 3.80. The minimum atomic E-state index is -0.129. The molecule has 2 N–H and O–H groups in total. The normalized spacial score (nSPS) is 18.0. The topological polar surface area (TPSA) is 38.9 Å². The van der Waals surface area contributed by atoms with Crippen LogP contribution in [0, 0.1) is 0 Å². The molecule has 0 aliphatic heterocycles. The highest BCUT2D eigenvalue weighted by Gasteiger charge is 2.42. The van der Waals surface area contributed by atoms with Gasteiger partial charge in [-0.3, -0.25) is 0 Å². The fraction of sp³-hybridized carbons (Fsp3) is 0.300.